The molecule has 0 bridgehead atoms. The zero-order valence-corrected chi connectivity index (χ0v) is 31.4. The summed E-state index contributed by atoms with van der Waals surface area (Å²) in [6, 6.07) is 59.5. The van der Waals surface area contributed by atoms with Crippen molar-refractivity contribution in [3.63, 3.8) is 0 Å². The highest BCUT2D eigenvalue weighted by molar-refractivity contribution is 6.16. The molecule has 0 N–H and O–H groups in total. The number of hydrogen-bond acceptors (Lipinski definition) is 2. The minimum Gasteiger partial charge on any atom is -0.253 e. The standard InChI is InChI=1S/C53H44N2/c1-3-22-43(52(41-25-10-5-11-26-41)55-46-30-14-7-15-31-46)38-44-37-42-27-16-19-34-49(42)53(44)39(2)47(48-33-17-20-35-50(48)53)32-18-21-36-51(40-23-8-4-9-24-40)54-45-28-12-6-13-29-45/h3-31,33-35,37-38H,32,36H2,1-2H3/b21-18-,22-3-,43-38+,54-51?,55-52?. The molecule has 1 spiro atoms. The Morgan fingerprint density at radius 1 is 0.582 bits per heavy atom. The van der Waals surface area contributed by atoms with Crippen molar-refractivity contribution in [1.29, 1.82) is 0 Å². The Kier molecular flexibility index (Phi) is 10.4. The number of aliphatic imine (C=N–C) groups is 2. The van der Waals surface area contributed by atoms with Gasteiger partial charge in [-0.1, -0.05) is 170 Å². The van der Waals surface area contributed by atoms with Crippen LogP contribution in [0.4, 0.5) is 11.4 Å². The van der Waals surface area contributed by atoms with Crippen LogP contribution >= 0.6 is 0 Å². The van der Waals surface area contributed by atoms with Crippen LogP contribution in [0.1, 0.15) is 60.1 Å². The van der Waals surface area contributed by atoms with Gasteiger partial charge >= 0.3 is 0 Å². The Morgan fingerprint density at radius 2 is 1.15 bits per heavy atom. The summed E-state index contributed by atoms with van der Waals surface area (Å²) < 4.78 is 0. The Bertz CT molecular complexity index is 2510. The molecule has 0 aromatic heterocycles. The first-order valence-electron chi connectivity index (χ1n) is 19.2. The number of nitrogens with zero attached hydrogens (tertiary/aromatic N) is 2. The Hall–Kier alpha value is -6.64. The van der Waals surface area contributed by atoms with E-state index in [9.17, 15) is 0 Å². The molecule has 0 saturated carbocycles. The zero-order valence-electron chi connectivity index (χ0n) is 31.4. The third-order valence-corrected chi connectivity index (χ3v) is 10.7. The van der Waals surface area contributed by atoms with Gasteiger partial charge in [-0.3, -0.25) is 4.99 Å². The van der Waals surface area contributed by atoms with Crippen molar-refractivity contribution in [3.8, 4) is 0 Å². The van der Waals surface area contributed by atoms with Crippen LogP contribution in [0.15, 0.2) is 227 Å². The highest BCUT2D eigenvalue weighted by atomic mass is 14.8. The lowest BCUT2D eigenvalue weighted by atomic mass is 9.69. The van der Waals surface area contributed by atoms with Crippen LogP contribution in [0.25, 0.3) is 11.6 Å². The van der Waals surface area contributed by atoms with E-state index >= 15 is 0 Å². The number of fused-ring (bicyclic) bond motifs is 4. The van der Waals surface area contributed by atoms with Gasteiger partial charge < -0.3 is 0 Å². The normalized spacial score (nSPS) is 17.0. The summed E-state index contributed by atoms with van der Waals surface area (Å²) in [4.78, 5) is 10.4. The van der Waals surface area contributed by atoms with Crippen LogP contribution in [0, 0.1) is 0 Å². The molecule has 2 nitrogen and oxygen atoms in total. The number of allylic oxidation sites excluding steroid dienone is 9. The second-order valence-electron chi connectivity index (χ2n) is 14.0. The fourth-order valence-corrected chi connectivity index (χ4v) is 8.21. The number of para-hydroxylation sites is 2. The predicted octanol–water partition coefficient (Wildman–Crippen LogP) is 13.6. The molecular formula is C53H44N2. The molecule has 1 atom stereocenters. The molecular weight excluding hydrogens is 665 g/mol. The average molecular weight is 709 g/mol. The van der Waals surface area contributed by atoms with Gasteiger partial charge in [0.2, 0.25) is 0 Å². The molecule has 0 aliphatic heterocycles. The predicted molar refractivity (Wildman–Crippen MR) is 234 cm³/mol. The lowest BCUT2D eigenvalue weighted by molar-refractivity contribution is 0.758. The minimum absolute atomic E-state index is 0.429. The van der Waals surface area contributed by atoms with Crippen LogP contribution in [-0.2, 0) is 5.41 Å². The van der Waals surface area contributed by atoms with Crippen molar-refractivity contribution in [2.24, 2.45) is 9.98 Å². The molecule has 8 rings (SSSR count). The molecule has 0 amide bonds. The van der Waals surface area contributed by atoms with Crippen molar-refractivity contribution in [3.05, 3.63) is 250 Å². The van der Waals surface area contributed by atoms with E-state index in [1.54, 1.807) is 0 Å². The van der Waals surface area contributed by atoms with Gasteiger partial charge in [0, 0.05) is 17.6 Å². The van der Waals surface area contributed by atoms with Gasteiger partial charge in [-0.05, 0) is 101 Å². The van der Waals surface area contributed by atoms with Gasteiger partial charge in [-0.25, -0.2) is 4.99 Å². The van der Waals surface area contributed by atoms with Crippen LogP contribution < -0.4 is 0 Å². The van der Waals surface area contributed by atoms with Crippen LogP contribution in [0.2, 0.25) is 0 Å². The average Bonchev–Trinajstić information content (AvgIpc) is 3.70. The van der Waals surface area contributed by atoms with Crippen molar-refractivity contribution in [2.45, 2.75) is 32.1 Å². The summed E-state index contributed by atoms with van der Waals surface area (Å²) in [5, 5.41) is 0. The first-order valence-corrected chi connectivity index (χ1v) is 19.2. The molecule has 0 fully saturated rings. The Balaban J connectivity index is 1.22. The van der Waals surface area contributed by atoms with E-state index in [1.165, 1.54) is 39.0 Å². The van der Waals surface area contributed by atoms with E-state index in [0.717, 1.165) is 52.3 Å². The number of rotatable bonds is 11. The quantitative estimate of drug-likeness (QED) is 0.0727. The second-order valence-corrected chi connectivity index (χ2v) is 14.0. The van der Waals surface area contributed by atoms with E-state index < -0.39 is 5.41 Å². The SMILES string of the molecule is C/C=C\C(=C/C1=Cc2ccccc2C12C(C)=C(C/C=C\CC(=Nc1ccccc1)c1ccccc1)c1ccccc12)C(=Nc1ccccc1)c1ccccc1. The van der Waals surface area contributed by atoms with Gasteiger partial charge in [-0.15, -0.1) is 0 Å². The summed E-state index contributed by atoms with van der Waals surface area (Å²) in [6.07, 6.45) is 15.3. The van der Waals surface area contributed by atoms with Crippen molar-refractivity contribution < 1.29 is 0 Å². The molecule has 2 aliphatic carbocycles. The van der Waals surface area contributed by atoms with E-state index in [0.29, 0.717) is 0 Å². The van der Waals surface area contributed by atoms with Gasteiger partial charge in [-0.2, -0.15) is 0 Å². The molecule has 0 radical (unpaired) electrons. The molecule has 6 aromatic carbocycles. The number of benzene rings is 6. The van der Waals surface area contributed by atoms with Gasteiger partial charge in [0.15, 0.2) is 0 Å². The summed E-state index contributed by atoms with van der Waals surface area (Å²) in [5.41, 5.74) is 16.0. The number of hydrogen-bond donors (Lipinski definition) is 0. The second kappa shape index (κ2) is 16.2. The fourth-order valence-electron chi connectivity index (χ4n) is 8.21. The molecule has 2 aliphatic rings. The van der Waals surface area contributed by atoms with Crippen molar-refractivity contribution in [2.75, 3.05) is 0 Å². The maximum Gasteiger partial charge on any atom is 0.0781 e. The molecule has 0 heterocycles. The van der Waals surface area contributed by atoms with Gasteiger partial charge in [0.25, 0.3) is 0 Å². The minimum atomic E-state index is -0.429. The first-order chi connectivity index (χ1) is 27.2. The summed E-state index contributed by atoms with van der Waals surface area (Å²) in [5.74, 6) is 0. The highest BCUT2D eigenvalue weighted by Crippen LogP contribution is 2.59. The first kappa shape index (κ1) is 35.4. The topological polar surface area (TPSA) is 24.7 Å². The highest BCUT2D eigenvalue weighted by Gasteiger charge is 2.49. The van der Waals surface area contributed by atoms with Crippen molar-refractivity contribution >= 4 is 34.4 Å². The molecule has 266 valence electrons. The van der Waals surface area contributed by atoms with Gasteiger partial charge in [0.1, 0.15) is 0 Å². The molecule has 0 saturated heterocycles. The summed E-state index contributed by atoms with van der Waals surface area (Å²) in [7, 11) is 0. The smallest absolute Gasteiger partial charge is 0.0781 e. The molecule has 1 unspecified atom stereocenters. The van der Waals surface area contributed by atoms with Crippen LogP contribution in [0.5, 0.6) is 0 Å². The Labute approximate surface area is 325 Å². The van der Waals surface area contributed by atoms with Crippen molar-refractivity contribution in [1.82, 2.24) is 0 Å². The third kappa shape index (κ3) is 7.07. The van der Waals surface area contributed by atoms with E-state index in [1.807, 2.05) is 36.4 Å². The lowest BCUT2D eigenvalue weighted by Crippen LogP contribution is -2.27. The third-order valence-electron chi connectivity index (χ3n) is 10.7. The summed E-state index contributed by atoms with van der Waals surface area (Å²) in [6.45, 7) is 4.44. The monoisotopic (exact) mass is 708 g/mol. The zero-order chi connectivity index (χ0) is 37.5. The van der Waals surface area contributed by atoms with E-state index in [2.05, 4.69) is 184 Å². The molecule has 6 aromatic rings. The molecule has 2 heteroatoms. The van der Waals surface area contributed by atoms with Gasteiger partial charge in [0.05, 0.1) is 28.2 Å². The Morgan fingerprint density at radius 3 is 1.82 bits per heavy atom. The maximum absolute atomic E-state index is 5.28. The van der Waals surface area contributed by atoms with Crippen LogP contribution in [0.3, 0.4) is 0 Å². The van der Waals surface area contributed by atoms with E-state index in [-0.39, 0.29) is 0 Å². The summed E-state index contributed by atoms with van der Waals surface area (Å²) >= 11 is 0. The van der Waals surface area contributed by atoms with Crippen LogP contribution in [-0.4, -0.2) is 11.4 Å². The largest absolute Gasteiger partial charge is 0.253 e. The fraction of sp³-hybridized carbons (Fsp3) is 0.0943. The molecule has 55 heavy (non-hydrogen) atoms. The lowest BCUT2D eigenvalue weighted by Gasteiger charge is -2.32. The van der Waals surface area contributed by atoms with E-state index in [4.69, 9.17) is 9.98 Å². The maximum atomic E-state index is 5.28.